The molecule has 0 aromatic heterocycles. The lowest BCUT2D eigenvalue weighted by atomic mass is 10.0. The Bertz CT molecular complexity index is 415. The van der Waals surface area contributed by atoms with E-state index >= 15 is 0 Å². The zero-order valence-electron chi connectivity index (χ0n) is 16.7. The fourth-order valence-electron chi connectivity index (χ4n) is 4.63. The van der Waals surface area contributed by atoms with E-state index in [-0.39, 0.29) is 6.10 Å². The van der Waals surface area contributed by atoms with E-state index in [0.717, 1.165) is 0 Å². The third-order valence-electron chi connectivity index (χ3n) is 5.63. The topological polar surface area (TPSA) is 57.2 Å². The molecule has 2 unspecified atom stereocenters. The van der Waals surface area contributed by atoms with Gasteiger partial charge in [0.1, 0.15) is 18.3 Å². The second-order valence-corrected chi connectivity index (χ2v) is 14.1. The third kappa shape index (κ3) is 3.46. The van der Waals surface area contributed by atoms with Gasteiger partial charge in [0.25, 0.3) is 0 Å². The molecule has 0 aromatic rings. The van der Waals surface area contributed by atoms with Crippen LogP contribution in [0.5, 0.6) is 0 Å². The molecule has 0 aliphatic carbocycles. The summed E-state index contributed by atoms with van der Waals surface area (Å²) in [4.78, 5) is 0. The first-order valence-corrected chi connectivity index (χ1v) is 11.4. The minimum atomic E-state index is -2.12. The maximum Gasteiger partial charge on any atom is 0.203 e. The Morgan fingerprint density at radius 1 is 0.917 bits per heavy atom. The van der Waals surface area contributed by atoms with Crippen LogP contribution in [0.3, 0.4) is 0 Å². The van der Waals surface area contributed by atoms with E-state index in [0.29, 0.717) is 16.6 Å². The molecular weight excluding hydrogens is 324 g/mol. The Balaban J connectivity index is 2.32. The second kappa shape index (κ2) is 6.97. The van der Waals surface area contributed by atoms with Crippen molar-refractivity contribution in [3.63, 3.8) is 0 Å². The van der Waals surface area contributed by atoms with Gasteiger partial charge in [0.05, 0.1) is 6.10 Å². The van der Waals surface area contributed by atoms with E-state index in [1.54, 1.807) is 0 Å². The molecule has 2 saturated heterocycles. The molecule has 0 spiro atoms. The molecule has 5 nitrogen and oxygen atoms in total. The Labute approximate surface area is 148 Å². The number of hydrogen-bond acceptors (Lipinski definition) is 5. The van der Waals surface area contributed by atoms with Crippen molar-refractivity contribution in [3.05, 3.63) is 0 Å². The van der Waals surface area contributed by atoms with Crippen LogP contribution in [0.4, 0.5) is 0 Å². The van der Waals surface area contributed by atoms with Crippen molar-refractivity contribution in [2.24, 2.45) is 0 Å². The molecule has 2 aliphatic rings. The van der Waals surface area contributed by atoms with Gasteiger partial charge in [-0.05, 0) is 37.4 Å². The van der Waals surface area contributed by atoms with Gasteiger partial charge in [-0.25, -0.2) is 0 Å². The van der Waals surface area contributed by atoms with Gasteiger partial charge in [-0.15, -0.1) is 0 Å². The van der Waals surface area contributed by atoms with E-state index in [2.05, 4.69) is 41.5 Å². The third-order valence-corrected chi connectivity index (χ3v) is 11.7. The van der Waals surface area contributed by atoms with Gasteiger partial charge in [0.15, 0.2) is 12.1 Å². The van der Waals surface area contributed by atoms with Crippen LogP contribution in [0.25, 0.3) is 0 Å². The normalized spacial score (nSPS) is 36.6. The number of fused-ring (bicyclic) bond motifs is 1. The predicted octanol–water partition coefficient (Wildman–Crippen LogP) is 3.80. The van der Waals surface area contributed by atoms with E-state index in [1.807, 2.05) is 20.8 Å². The summed E-state index contributed by atoms with van der Waals surface area (Å²) in [6, 6.07) is 0. The van der Waals surface area contributed by atoms with Crippen molar-refractivity contribution >= 4 is 8.32 Å². The van der Waals surface area contributed by atoms with Gasteiger partial charge in [-0.2, -0.15) is 0 Å². The SMILES string of the molecule is CC1O[C@@H](O[Si](C(C)C)(C(C)C)C(C)C)[C@H]2OC(C)(C)OC2[C@H]1O. The maximum atomic E-state index is 10.4. The molecule has 2 heterocycles. The summed E-state index contributed by atoms with van der Waals surface area (Å²) < 4.78 is 24.9. The summed E-state index contributed by atoms with van der Waals surface area (Å²) in [5.41, 5.74) is 1.37. The fourth-order valence-corrected chi connectivity index (χ4v) is 10.0. The Hall–Kier alpha value is 0.0169. The summed E-state index contributed by atoms with van der Waals surface area (Å²) >= 11 is 0. The van der Waals surface area contributed by atoms with Crippen molar-refractivity contribution < 1.29 is 23.7 Å². The highest BCUT2D eigenvalue weighted by Gasteiger charge is 2.57. The van der Waals surface area contributed by atoms with Crippen molar-refractivity contribution in [2.75, 3.05) is 0 Å². The lowest BCUT2D eigenvalue weighted by Gasteiger charge is -2.48. The van der Waals surface area contributed by atoms with Crippen LogP contribution < -0.4 is 0 Å². The molecule has 0 saturated carbocycles. The molecule has 0 bridgehead atoms. The Kier molecular flexibility index (Phi) is 5.90. The average Bonchev–Trinajstić information content (AvgIpc) is 2.76. The second-order valence-electron chi connectivity index (χ2n) is 8.70. The highest BCUT2D eigenvalue weighted by atomic mass is 28.4. The van der Waals surface area contributed by atoms with Crippen LogP contribution in [0, 0.1) is 0 Å². The zero-order valence-corrected chi connectivity index (χ0v) is 17.7. The van der Waals surface area contributed by atoms with Gasteiger partial charge < -0.3 is 23.7 Å². The zero-order chi connectivity index (χ0) is 18.4. The summed E-state index contributed by atoms with van der Waals surface area (Å²) in [7, 11) is -2.12. The molecule has 1 N–H and O–H groups in total. The summed E-state index contributed by atoms with van der Waals surface area (Å²) in [5.74, 6) is -0.733. The van der Waals surface area contributed by atoms with Gasteiger partial charge in [0.2, 0.25) is 8.32 Å². The molecule has 24 heavy (non-hydrogen) atoms. The van der Waals surface area contributed by atoms with Gasteiger partial charge >= 0.3 is 0 Å². The molecule has 5 atom stereocenters. The molecule has 0 aromatic carbocycles. The number of ether oxygens (including phenoxy) is 3. The van der Waals surface area contributed by atoms with Gasteiger partial charge in [-0.3, -0.25) is 0 Å². The van der Waals surface area contributed by atoms with Crippen LogP contribution in [0.2, 0.25) is 16.6 Å². The van der Waals surface area contributed by atoms with Crippen molar-refractivity contribution in [3.8, 4) is 0 Å². The highest BCUT2D eigenvalue weighted by Crippen LogP contribution is 2.46. The average molecular weight is 361 g/mol. The summed E-state index contributed by atoms with van der Waals surface area (Å²) in [6.45, 7) is 19.1. The quantitative estimate of drug-likeness (QED) is 0.756. The van der Waals surface area contributed by atoms with E-state index in [1.165, 1.54) is 0 Å². The summed E-state index contributed by atoms with van der Waals surface area (Å²) in [6.07, 6.45) is -2.34. The smallest absolute Gasteiger partial charge is 0.203 e. The molecule has 6 heteroatoms. The van der Waals surface area contributed by atoms with Crippen molar-refractivity contribution in [2.45, 2.75) is 115 Å². The van der Waals surface area contributed by atoms with Crippen molar-refractivity contribution in [1.29, 1.82) is 0 Å². The summed E-state index contributed by atoms with van der Waals surface area (Å²) in [5, 5.41) is 10.4. The van der Waals surface area contributed by atoms with E-state index in [9.17, 15) is 5.11 Å². The van der Waals surface area contributed by atoms with Crippen LogP contribution in [0.1, 0.15) is 62.3 Å². The fraction of sp³-hybridized carbons (Fsp3) is 1.00. The number of aliphatic hydroxyl groups excluding tert-OH is 1. The van der Waals surface area contributed by atoms with Crippen LogP contribution >= 0.6 is 0 Å². The molecule has 2 fully saturated rings. The Morgan fingerprint density at radius 2 is 1.38 bits per heavy atom. The molecule has 142 valence electrons. The largest absolute Gasteiger partial charge is 0.389 e. The first-order valence-electron chi connectivity index (χ1n) is 9.29. The van der Waals surface area contributed by atoms with Crippen LogP contribution in [0.15, 0.2) is 0 Å². The molecule has 2 rings (SSSR count). The lowest BCUT2D eigenvalue weighted by molar-refractivity contribution is -0.246. The van der Waals surface area contributed by atoms with Crippen LogP contribution in [-0.4, -0.2) is 49.9 Å². The predicted molar refractivity (Wildman–Crippen MR) is 96.3 cm³/mol. The number of aliphatic hydroxyl groups is 1. The number of hydrogen-bond donors (Lipinski definition) is 1. The van der Waals surface area contributed by atoms with E-state index < -0.39 is 38.7 Å². The highest BCUT2D eigenvalue weighted by molar-refractivity contribution is 6.77. The van der Waals surface area contributed by atoms with Gasteiger partial charge in [0, 0.05) is 0 Å². The number of rotatable bonds is 5. The molecule has 2 aliphatic heterocycles. The van der Waals surface area contributed by atoms with Gasteiger partial charge in [-0.1, -0.05) is 41.5 Å². The van der Waals surface area contributed by atoms with Crippen LogP contribution in [-0.2, 0) is 18.6 Å². The maximum absolute atomic E-state index is 10.4. The lowest BCUT2D eigenvalue weighted by Crippen LogP contribution is -2.60. The molecule has 0 amide bonds. The monoisotopic (exact) mass is 360 g/mol. The Morgan fingerprint density at radius 3 is 1.83 bits per heavy atom. The standard InChI is InChI=1S/C18H36O5Si/c1-10(2)24(11(3)4,12(5)6)23-17-16-15(14(19)13(7)20-17)21-18(8,9)22-16/h10-17,19H,1-9H3/t13?,14-,15?,16-,17-/m0/s1. The minimum absolute atomic E-state index is 0.341. The minimum Gasteiger partial charge on any atom is -0.389 e. The van der Waals surface area contributed by atoms with E-state index in [4.69, 9.17) is 18.6 Å². The molecular formula is C18H36O5Si. The first kappa shape index (κ1) is 20.3. The molecule has 0 radical (unpaired) electrons. The van der Waals surface area contributed by atoms with Crippen molar-refractivity contribution in [1.82, 2.24) is 0 Å². The first-order chi connectivity index (χ1) is 10.9.